The molecule has 0 bridgehead atoms. The van der Waals surface area contributed by atoms with Gasteiger partial charge in [-0.2, -0.15) is 0 Å². The summed E-state index contributed by atoms with van der Waals surface area (Å²) in [6.45, 7) is 4.09. The maximum Gasteiger partial charge on any atom is 0.326 e. The lowest BCUT2D eigenvalue weighted by molar-refractivity contribution is -0.142. The number of carboxylic acids is 1. The van der Waals surface area contributed by atoms with E-state index in [2.05, 4.69) is 10.6 Å². The molecule has 0 saturated heterocycles. The summed E-state index contributed by atoms with van der Waals surface area (Å²) in [6.07, 6.45) is 1.77. The second-order valence-corrected chi connectivity index (χ2v) is 8.55. The van der Waals surface area contributed by atoms with E-state index in [9.17, 15) is 24.3 Å². The van der Waals surface area contributed by atoms with Gasteiger partial charge in [-0.15, -0.1) is 23.2 Å². The molecular formula is C23H36Cl2N4O5. The average molecular weight is 519 g/mol. The zero-order valence-corrected chi connectivity index (χ0v) is 21.1. The molecule has 0 heterocycles. The standard InChI is InChI=1S/C20H32N4O4.C3H4Cl2O/c1-13(2)17(22)19(26)24-16(12-14-8-4-3-5-9-14)18(25)23-15(20(27)28)10-6-7-11-21;4-1-3(6)2-5/h3-5,8-9,13,15-17H,6-7,10-12,21-22H2,1-2H3,(H,23,25)(H,24,26)(H,27,28);1-2H2/t15-,16-,17+;/m0./s1. The third-order valence-electron chi connectivity index (χ3n) is 4.80. The second kappa shape index (κ2) is 18.2. The van der Waals surface area contributed by atoms with E-state index in [1.165, 1.54) is 0 Å². The van der Waals surface area contributed by atoms with Gasteiger partial charge >= 0.3 is 5.97 Å². The Bertz CT molecular complexity index is 759. The van der Waals surface area contributed by atoms with E-state index in [0.717, 1.165) is 5.56 Å². The van der Waals surface area contributed by atoms with E-state index >= 15 is 0 Å². The van der Waals surface area contributed by atoms with E-state index in [0.29, 0.717) is 19.4 Å². The first-order valence-corrected chi connectivity index (χ1v) is 12.1. The lowest BCUT2D eigenvalue weighted by Crippen LogP contribution is -2.56. The molecule has 3 atom stereocenters. The topological polar surface area (TPSA) is 165 Å². The number of aliphatic carboxylic acids is 1. The van der Waals surface area contributed by atoms with Gasteiger partial charge in [-0.05, 0) is 37.3 Å². The number of Topliss-reactive ketones (excluding diaryl/α,β-unsaturated/α-hetero) is 1. The van der Waals surface area contributed by atoms with Crippen molar-refractivity contribution in [2.75, 3.05) is 18.3 Å². The summed E-state index contributed by atoms with van der Waals surface area (Å²) < 4.78 is 0. The van der Waals surface area contributed by atoms with E-state index in [1.807, 2.05) is 44.2 Å². The molecule has 0 aliphatic heterocycles. The van der Waals surface area contributed by atoms with Crippen molar-refractivity contribution in [3.63, 3.8) is 0 Å². The molecule has 7 N–H and O–H groups in total. The Balaban J connectivity index is 0.00000160. The number of hydrogen-bond acceptors (Lipinski definition) is 6. The molecule has 1 aromatic rings. The molecule has 1 aromatic carbocycles. The molecule has 0 fully saturated rings. The summed E-state index contributed by atoms with van der Waals surface area (Å²) in [5, 5.41) is 14.6. The Morgan fingerprint density at radius 3 is 1.94 bits per heavy atom. The van der Waals surface area contributed by atoms with E-state index in [-0.39, 0.29) is 36.3 Å². The third kappa shape index (κ3) is 13.5. The Morgan fingerprint density at radius 1 is 0.941 bits per heavy atom. The van der Waals surface area contributed by atoms with Gasteiger partial charge in [-0.3, -0.25) is 14.4 Å². The van der Waals surface area contributed by atoms with Crippen LogP contribution in [0.2, 0.25) is 0 Å². The van der Waals surface area contributed by atoms with Gasteiger partial charge in [-0.1, -0.05) is 44.2 Å². The van der Waals surface area contributed by atoms with Crippen LogP contribution in [0, 0.1) is 5.92 Å². The molecule has 0 aromatic heterocycles. The summed E-state index contributed by atoms with van der Waals surface area (Å²) in [5.74, 6) is -2.27. The van der Waals surface area contributed by atoms with Crippen molar-refractivity contribution in [3.8, 4) is 0 Å². The molecule has 1 rings (SSSR count). The van der Waals surface area contributed by atoms with Gasteiger partial charge < -0.3 is 27.2 Å². The van der Waals surface area contributed by atoms with Crippen molar-refractivity contribution in [1.82, 2.24) is 10.6 Å². The van der Waals surface area contributed by atoms with Gasteiger partial charge in [0, 0.05) is 6.42 Å². The highest BCUT2D eigenvalue weighted by molar-refractivity contribution is 6.35. The molecule has 11 heteroatoms. The fourth-order valence-electron chi connectivity index (χ4n) is 2.69. The van der Waals surface area contributed by atoms with Gasteiger partial charge in [0.2, 0.25) is 11.8 Å². The highest BCUT2D eigenvalue weighted by Gasteiger charge is 2.28. The SMILES string of the molecule is CC(C)[C@@H](N)C(=O)N[C@@H](Cc1ccccc1)C(=O)N[C@@H](CCCCN)C(=O)O.O=C(CCl)CCl. The Morgan fingerprint density at radius 2 is 1.50 bits per heavy atom. The van der Waals surface area contributed by atoms with E-state index < -0.39 is 35.9 Å². The first kappa shape index (κ1) is 31.8. The van der Waals surface area contributed by atoms with E-state index in [1.54, 1.807) is 0 Å². The highest BCUT2D eigenvalue weighted by atomic mass is 35.5. The lowest BCUT2D eigenvalue weighted by Gasteiger charge is -2.24. The zero-order chi connectivity index (χ0) is 26.1. The van der Waals surface area contributed by atoms with Crippen molar-refractivity contribution in [1.29, 1.82) is 0 Å². The van der Waals surface area contributed by atoms with Crippen molar-refractivity contribution in [2.24, 2.45) is 17.4 Å². The van der Waals surface area contributed by atoms with Crippen LogP contribution in [-0.4, -0.2) is 65.1 Å². The van der Waals surface area contributed by atoms with Crippen molar-refractivity contribution in [3.05, 3.63) is 35.9 Å². The molecular weight excluding hydrogens is 483 g/mol. The van der Waals surface area contributed by atoms with Crippen LogP contribution in [-0.2, 0) is 25.6 Å². The van der Waals surface area contributed by atoms with Crippen LogP contribution in [0.5, 0.6) is 0 Å². The van der Waals surface area contributed by atoms with Gasteiger partial charge in [0.15, 0.2) is 5.78 Å². The minimum Gasteiger partial charge on any atom is -0.480 e. The van der Waals surface area contributed by atoms with Gasteiger partial charge in [0.05, 0.1) is 17.8 Å². The minimum atomic E-state index is -1.12. The monoisotopic (exact) mass is 518 g/mol. The molecule has 0 saturated carbocycles. The first-order chi connectivity index (χ1) is 16.1. The maximum atomic E-state index is 12.8. The number of nitrogens with one attached hydrogen (secondary N) is 2. The number of carbonyl (C=O) groups excluding carboxylic acids is 3. The summed E-state index contributed by atoms with van der Waals surface area (Å²) in [6, 6.07) is 6.48. The van der Waals surface area contributed by atoms with Crippen LogP contribution in [0.25, 0.3) is 0 Å². The normalized spacial score (nSPS) is 13.1. The molecule has 0 spiro atoms. The number of carboxylic acid groups (broad SMARTS) is 1. The maximum absolute atomic E-state index is 12.8. The average Bonchev–Trinajstić information content (AvgIpc) is 2.82. The number of alkyl halides is 2. The van der Waals surface area contributed by atoms with Crippen molar-refractivity contribution in [2.45, 2.75) is 57.7 Å². The number of unbranched alkanes of at least 4 members (excludes halogenated alkanes) is 1. The molecule has 2 amide bonds. The molecule has 9 nitrogen and oxygen atoms in total. The molecule has 0 aliphatic rings. The second-order valence-electron chi connectivity index (χ2n) is 8.01. The Kier molecular flexibility index (Phi) is 17.0. The molecule has 0 unspecified atom stereocenters. The van der Waals surface area contributed by atoms with E-state index in [4.69, 9.17) is 34.7 Å². The van der Waals surface area contributed by atoms with Crippen molar-refractivity contribution >= 4 is 46.8 Å². The number of amides is 2. The summed E-state index contributed by atoms with van der Waals surface area (Å²) in [4.78, 5) is 46.5. The van der Waals surface area contributed by atoms with Crippen LogP contribution in [0.4, 0.5) is 0 Å². The quantitative estimate of drug-likeness (QED) is 0.183. The molecule has 192 valence electrons. The fraction of sp³-hybridized carbons (Fsp3) is 0.565. The number of rotatable bonds is 14. The van der Waals surface area contributed by atoms with Crippen LogP contribution in [0.15, 0.2) is 30.3 Å². The van der Waals surface area contributed by atoms with Gasteiger partial charge in [0.1, 0.15) is 12.1 Å². The summed E-state index contributed by atoms with van der Waals surface area (Å²) in [5.41, 5.74) is 12.2. The number of carbonyl (C=O) groups is 4. The van der Waals surface area contributed by atoms with Crippen molar-refractivity contribution < 1.29 is 24.3 Å². The molecule has 0 aliphatic carbocycles. The minimum absolute atomic E-state index is 0.0312. The molecule has 34 heavy (non-hydrogen) atoms. The van der Waals surface area contributed by atoms with Crippen LogP contribution in [0.1, 0.15) is 38.7 Å². The lowest BCUT2D eigenvalue weighted by atomic mass is 10.0. The Hall–Kier alpha value is -2.20. The Labute approximate surface area is 210 Å². The third-order valence-corrected chi connectivity index (χ3v) is 5.39. The first-order valence-electron chi connectivity index (χ1n) is 11.0. The zero-order valence-electron chi connectivity index (χ0n) is 19.6. The number of hydrogen-bond donors (Lipinski definition) is 5. The predicted octanol–water partition coefficient (Wildman–Crippen LogP) is 1.43. The number of nitrogens with two attached hydrogens (primary N) is 2. The van der Waals surface area contributed by atoms with Crippen LogP contribution < -0.4 is 22.1 Å². The number of benzene rings is 1. The largest absolute Gasteiger partial charge is 0.480 e. The summed E-state index contributed by atoms with van der Waals surface area (Å²) >= 11 is 10.0. The highest BCUT2D eigenvalue weighted by Crippen LogP contribution is 2.07. The number of ketones is 1. The van der Waals surface area contributed by atoms with Gasteiger partial charge in [0.25, 0.3) is 0 Å². The molecule has 0 radical (unpaired) electrons. The van der Waals surface area contributed by atoms with Crippen LogP contribution >= 0.6 is 23.2 Å². The predicted molar refractivity (Wildman–Crippen MR) is 134 cm³/mol. The summed E-state index contributed by atoms with van der Waals surface area (Å²) in [7, 11) is 0. The smallest absolute Gasteiger partial charge is 0.326 e. The van der Waals surface area contributed by atoms with Gasteiger partial charge in [-0.25, -0.2) is 4.79 Å². The van der Waals surface area contributed by atoms with Crippen LogP contribution in [0.3, 0.4) is 0 Å². The fourth-order valence-corrected chi connectivity index (χ4v) is 2.97. The number of halogens is 2.